The van der Waals surface area contributed by atoms with Crippen LogP contribution in [0, 0.1) is 5.92 Å². The van der Waals surface area contributed by atoms with Crippen LogP contribution in [0.3, 0.4) is 0 Å². The number of sulfonamides is 1. The summed E-state index contributed by atoms with van der Waals surface area (Å²) in [7, 11) is -3.77. The van der Waals surface area contributed by atoms with Crippen LogP contribution < -0.4 is 5.32 Å². The summed E-state index contributed by atoms with van der Waals surface area (Å²) in [5.74, 6) is -0.0273. The van der Waals surface area contributed by atoms with Crippen molar-refractivity contribution in [3.05, 3.63) is 33.8 Å². The number of hydrogen-bond acceptors (Lipinski definition) is 6. The van der Waals surface area contributed by atoms with Gasteiger partial charge in [-0.15, -0.1) is 10.2 Å². The molecule has 0 unspecified atom stereocenters. The Hall–Kier alpha value is -1.55. The quantitative estimate of drug-likeness (QED) is 0.689. The molecule has 0 spiro atoms. The van der Waals surface area contributed by atoms with E-state index in [1.165, 1.54) is 33.8 Å². The molecule has 10 heteroatoms. The van der Waals surface area contributed by atoms with Gasteiger partial charge in [0.15, 0.2) is 0 Å². The minimum Gasteiger partial charge on any atom is -0.296 e. The van der Waals surface area contributed by atoms with Crippen LogP contribution in [-0.4, -0.2) is 41.9 Å². The molecule has 0 radical (unpaired) electrons. The second kappa shape index (κ2) is 9.09. The highest BCUT2D eigenvalue weighted by Crippen LogP contribution is 2.26. The Kier molecular flexibility index (Phi) is 7.32. The number of carbonyl (C=O) groups is 1. The lowest BCUT2D eigenvalue weighted by Crippen LogP contribution is -2.31. The van der Waals surface area contributed by atoms with Crippen molar-refractivity contribution >= 4 is 44.0 Å². The van der Waals surface area contributed by atoms with Gasteiger partial charge >= 0.3 is 0 Å². The Morgan fingerprint density at radius 2 is 1.93 bits per heavy atom. The van der Waals surface area contributed by atoms with Gasteiger partial charge in [-0.05, 0) is 24.1 Å². The van der Waals surface area contributed by atoms with Crippen LogP contribution in [0.15, 0.2) is 23.1 Å². The van der Waals surface area contributed by atoms with Gasteiger partial charge in [-0.3, -0.25) is 10.1 Å². The molecule has 1 aromatic heterocycles. The van der Waals surface area contributed by atoms with Crippen molar-refractivity contribution in [2.75, 3.05) is 18.4 Å². The van der Waals surface area contributed by atoms with Gasteiger partial charge < -0.3 is 0 Å². The van der Waals surface area contributed by atoms with E-state index in [-0.39, 0.29) is 15.5 Å². The van der Waals surface area contributed by atoms with E-state index in [2.05, 4.69) is 29.4 Å². The van der Waals surface area contributed by atoms with Crippen molar-refractivity contribution in [3.8, 4) is 0 Å². The molecule has 0 aliphatic carbocycles. The Morgan fingerprint density at radius 1 is 1.26 bits per heavy atom. The lowest BCUT2D eigenvalue weighted by atomic mass is 10.1. The summed E-state index contributed by atoms with van der Waals surface area (Å²) < 4.78 is 26.8. The molecule has 0 saturated carbocycles. The van der Waals surface area contributed by atoms with Crippen molar-refractivity contribution in [3.63, 3.8) is 0 Å². The maximum atomic E-state index is 12.7. The molecule has 2 rings (SSSR count). The molecular weight excluding hydrogens is 408 g/mol. The minimum atomic E-state index is -3.77. The van der Waals surface area contributed by atoms with Gasteiger partial charge in [0, 0.05) is 25.1 Å². The van der Waals surface area contributed by atoms with Crippen molar-refractivity contribution in [2.24, 2.45) is 5.92 Å². The molecule has 1 aromatic carbocycles. The van der Waals surface area contributed by atoms with E-state index in [0.717, 1.165) is 11.4 Å². The number of rotatable bonds is 8. The first-order chi connectivity index (χ1) is 12.7. The Bertz CT molecular complexity index is 909. The van der Waals surface area contributed by atoms with Crippen LogP contribution >= 0.6 is 22.9 Å². The number of anilines is 1. The smallest absolute Gasteiger partial charge is 0.257 e. The summed E-state index contributed by atoms with van der Waals surface area (Å²) in [4.78, 5) is 12.4. The molecule has 1 amide bonds. The molecule has 1 N–H and O–H groups in total. The topological polar surface area (TPSA) is 92.3 Å². The van der Waals surface area contributed by atoms with Crippen molar-refractivity contribution in [1.82, 2.24) is 14.5 Å². The highest BCUT2D eigenvalue weighted by Gasteiger charge is 2.25. The molecular formula is C17H23ClN4O3S2. The van der Waals surface area contributed by atoms with Crippen molar-refractivity contribution < 1.29 is 13.2 Å². The summed E-state index contributed by atoms with van der Waals surface area (Å²) in [5, 5.41) is 12.0. The zero-order valence-corrected chi connectivity index (χ0v) is 18.1. The summed E-state index contributed by atoms with van der Waals surface area (Å²) in [6.07, 6.45) is 0.779. The van der Waals surface area contributed by atoms with Gasteiger partial charge in [0.2, 0.25) is 15.2 Å². The van der Waals surface area contributed by atoms with Gasteiger partial charge in [-0.2, -0.15) is 4.31 Å². The lowest BCUT2D eigenvalue weighted by Gasteiger charge is -2.19. The SMILES string of the molecule is CCN(CC)S(=O)(=O)c1cc(C(=O)Nc2nnc(CC(C)C)s2)ccc1Cl. The Labute approximate surface area is 168 Å². The van der Waals surface area contributed by atoms with Crippen molar-refractivity contribution in [1.29, 1.82) is 0 Å². The van der Waals surface area contributed by atoms with E-state index in [1.54, 1.807) is 13.8 Å². The van der Waals surface area contributed by atoms with Gasteiger partial charge in [0.05, 0.1) is 5.02 Å². The molecule has 148 valence electrons. The van der Waals surface area contributed by atoms with Crippen LogP contribution in [0.1, 0.15) is 43.1 Å². The lowest BCUT2D eigenvalue weighted by molar-refractivity contribution is 0.102. The number of nitrogens with one attached hydrogen (secondary N) is 1. The minimum absolute atomic E-state index is 0.0774. The molecule has 0 aliphatic rings. The second-order valence-electron chi connectivity index (χ2n) is 6.29. The predicted molar refractivity (Wildman–Crippen MR) is 108 cm³/mol. The van der Waals surface area contributed by atoms with Crippen LogP contribution in [-0.2, 0) is 16.4 Å². The molecule has 1 heterocycles. The summed E-state index contributed by atoms with van der Waals surface area (Å²) in [6.45, 7) is 8.27. The number of hydrogen-bond donors (Lipinski definition) is 1. The largest absolute Gasteiger partial charge is 0.296 e. The molecule has 27 heavy (non-hydrogen) atoms. The predicted octanol–water partition coefficient (Wildman–Crippen LogP) is 3.67. The Morgan fingerprint density at radius 3 is 2.52 bits per heavy atom. The number of nitrogens with zero attached hydrogens (tertiary/aromatic N) is 3. The van der Waals surface area contributed by atoms with Gasteiger partial charge in [0.25, 0.3) is 5.91 Å². The van der Waals surface area contributed by atoms with Crippen LogP contribution in [0.4, 0.5) is 5.13 Å². The third-order valence-corrected chi connectivity index (χ3v) is 7.18. The van der Waals surface area contributed by atoms with E-state index in [9.17, 15) is 13.2 Å². The van der Waals surface area contributed by atoms with Gasteiger partial charge in [-0.1, -0.05) is 50.6 Å². The van der Waals surface area contributed by atoms with E-state index in [1.807, 2.05) is 0 Å². The highest BCUT2D eigenvalue weighted by molar-refractivity contribution is 7.89. The van der Waals surface area contributed by atoms with Crippen LogP contribution in [0.2, 0.25) is 5.02 Å². The highest BCUT2D eigenvalue weighted by atomic mass is 35.5. The monoisotopic (exact) mass is 430 g/mol. The molecule has 0 fully saturated rings. The molecule has 0 bridgehead atoms. The fraction of sp³-hybridized carbons (Fsp3) is 0.471. The van der Waals surface area contributed by atoms with E-state index in [0.29, 0.717) is 24.1 Å². The van der Waals surface area contributed by atoms with Crippen molar-refractivity contribution in [2.45, 2.75) is 39.0 Å². The fourth-order valence-corrected chi connectivity index (χ4v) is 5.36. The third kappa shape index (κ3) is 5.25. The first-order valence-electron chi connectivity index (χ1n) is 8.62. The van der Waals surface area contributed by atoms with Crippen LogP contribution in [0.25, 0.3) is 0 Å². The zero-order chi connectivity index (χ0) is 20.2. The number of aromatic nitrogens is 2. The number of carbonyl (C=O) groups excluding carboxylic acids is 1. The summed E-state index contributed by atoms with van der Waals surface area (Å²) >= 11 is 7.40. The molecule has 0 atom stereocenters. The molecule has 7 nitrogen and oxygen atoms in total. The molecule has 0 saturated heterocycles. The number of halogens is 1. The third-order valence-electron chi connectivity index (χ3n) is 3.79. The summed E-state index contributed by atoms with van der Waals surface area (Å²) in [6, 6.07) is 4.19. The second-order valence-corrected chi connectivity index (χ2v) is 9.66. The zero-order valence-electron chi connectivity index (χ0n) is 15.7. The standard InChI is InChI=1S/C17H23ClN4O3S2/c1-5-22(6-2)27(24,25)14-10-12(7-8-13(14)18)16(23)19-17-21-20-15(26-17)9-11(3)4/h7-8,10-11H,5-6,9H2,1-4H3,(H,19,21,23). The first-order valence-corrected chi connectivity index (χ1v) is 11.3. The Balaban J connectivity index is 2.26. The summed E-state index contributed by atoms with van der Waals surface area (Å²) in [5.41, 5.74) is 0.186. The maximum Gasteiger partial charge on any atom is 0.257 e. The molecule has 2 aromatic rings. The normalized spacial score (nSPS) is 12.0. The maximum absolute atomic E-state index is 12.7. The average Bonchev–Trinajstić information content (AvgIpc) is 3.01. The average molecular weight is 431 g/mol. The number of amides is 1. The van der Waals surface area contributed by atoms with E-state index >= 15 is 0 Å². The molecule has 0 aliphatic heterocycles. The van der Waals surface area contributed by atoms with Gasteiger partial charge in [-0.25, -0.2) is 8.42 Å². The first kappa shape index (κ1) is 21.7. The van der Waals surface area contributed by atoms with E-state index < -0.39 is 15.9 Å². The van der Waals surface area contributed by atoms with Crippen LogP contribution in [0.5, 0.6) is 0 Å². The number of benzene rings is 1. The van der Waals surface area contributed by atoms with Gasteiger partial charge in [0.1, 0.15) is 9.90 Å². The van der Waals surface area contributed by atoms with E-state index in [4.69, 9.17) is 11.6 Å². The fourth-order valence-electron chi connectivity index (χ4n) is 2.45.